The number of carbonyl (C=O) groups excluding carboxylic acids is 1. The molecule has 1 aromatic heterocycles. The van der Waals surface area contributed by atoms with E-state index < -0.39 is 0 Å². The number of anilines is 1. The number of nitrogens with one attached hydrogen (secondary N) is 2. The second-order valence-corrected chi connectivity index (χ2v) is 10.0. The quantitative estimate of drug-likeness (QED) is 0.602. The smallest absolute Gasteiger partial charge is 0.407 e. The summed E-state index contributed by atoms with van der Waals surface area (Å²) >= 11 is 6.14. The van der Waals surface area contributed by atoms with Crippen molar-refractivity contribution >= 4 is 23.5 Å². The minimum atomic E-state index is -0.372. The summed E-state index contributed by atoms with van der Waals surface area (Å²) < 4.78 is 19.0. The van der Waals surface area contributed by atoms with Crippen LogP contribution in [0.5, 0.6) is 0 Å². The number of nitrogens with zero attached hydrogens (tertiary/aromatic N) is 2. The fourth-order valence-electron chi connectivity index (χ4n) is 3.64. The Morgan fingerprint density at radius 2 is 1.94 bits per heavy atom. The molecule has 31 heavy (non-hydrogen) atoms. The number of hydrogen-bond acceptors (Lipinski definition) is 5. The zero-order valence-corrected chi connectivity index (χ0v) is 19.2. The van der Waals surface area contributed by atoms with Gasteiger partial charge >= 0.3 is 6.09 Å². The van der Waals surface area contributed by atoms with Gasteiger partial charge in [-0.15, -0.1) is 10.2 Å². The molecule has 1 aliphatic rings. The van der Waals surface area contributed by atoms with Gasteiger partial charge < -0.3 is 15.4 Å². The molecule has 1 aliphatic carbocycles. The standard InChI is InChI=1S/C23H30ClFN4O2/c1-22(2,3)27-21(30)31-14-23(4)11-9-16(10-12-23)26-20-8-7-19(28-29-20)17-13-15(25)5-6-18(17)24/h5-8,13,16H,9-12,14H2,1-4H3,(H,26,29)(H,27,30). The van der Waals surface area contributed by atoms with Gasteiger partial charge in [0.1, 0.15) is 11.6 Å². The first kappa shape index (κ1) is 23.3. The van der Waals surface area contributed by atoms with Gasteiger partial charge in [0.25, 0.3) is 0 Å². The fourth-order valence-corrected chi connectivity index (χ4v) is 3.86. The van der Waals surface area contributed by atoms with E-state index in [1.54, 1.807) is 6.07 Å². The molecule has 2 N–H and O–H groups in total. The van der Waals surface area contributed by atoms with Gasteiger partial charge in [-0.3, -0.25) is 0 Å². The Morgan fingerprint density at radius 1 is 1.23 bits per heavy atom. The Balaban J connectivity index is 1.50. The number of halogens is 2. The molecular weight excluding hydrogens is 419 g/mol. The first-order valence-electron chi connectivity index (χ1n) is 10.5. The molecule has 1 amide bonds. The minimum Gasteiger partial charge on any atom is -0.449 e. The molecule has 0 bridgehead atoms. The minimum absolute atomic E-state index is 0.0307. The predicted molar refractivity (Wildman–Crippen MR) is 121 cm³/mol. The average molecular weight is 449 g/mol. The Labute approximate surface area is 187 Å². The summed E-state index contributed by atoms with van der Waals surface area (Å²) in [6.45, 7) is 8.34. The van der Waals surface area contributed by atoms with Crippen LogP contribution in [0.4, 0.5) is 15.0 Å². The van der Waals surface area contributed by atoms with Crippen LogP contribution in [0.2, 0.25) is 5.02 Å². The number of alkyl carbamates (subject to hydrolysis) is 1. The van der Waals surface area contributed by atoms with Crippen LogP contribution < -0.4 is 10.6 Å². The predicted octanol–water partition coefficient (Wildman–Crippen LogP) is 5.82. The molecule has 1 fully saturated rings. The second-order valence-electron chi connectivity index (χ2n) is 9.61. The van der Waals surface area contributed by atoms with Gasteiger partial charge in [-0.25, -0.2) is 9.18 Å². The molecule has 3 rings (SSSR count). The largest absolute Gasteiger partial charge is 0.449 e. The molecule has 8 heteroatoms. The molecule has 0 spiro atoms. The van der Waals surface area contributed by atoms with E-state index in [1.165, 1.54) is 18.2 Å². The number of hydrogen-bond donors (Lipinski definition) is 2. The second kappa shape index (κ2) is 9.39. The highest BCUT2D eigenvalue weighted by molar-refractivity contribution is 6.33. The van der Waals surface area contributed by atoms with Gasteiger partial charge in [0, 0.05) is 22.6 Å². The fraction of sp³-hybridized carbons (Fsp3) is 0.522. The molecule has 0 unspecified atom stereocenters. The number of carbonyl (C=O) groups is 1. The number of benzene rings is 1. The number of ether oxygens (including phenoxy) is 1. The molecule has 1 heterocycles. The highest BCUT2D eigenvalue weighted by atomic mass is 35.5. The van der Waals surface area contributed by atoms with Crippen molar-refractivity contribution in [1.82, 2.24) is 15.5 Å². The lowest BCUT2D eigenvalue weighted by molar-refractivity contribution is 0.0618. The Kier molecular flexibility index (Phi) is 7.04. The molecule has 2 aromatic rings. The van der Waals surface area contributed by atoms with Crippen LogP contribution in [-0.2, 0) is 4.74 Å². The van der Waals surface area contributed by atoms with Crippen LogP contribution in [0.25, 0.3) is 11.3 Å². The molecular formula is C23H30ClFN4O2. The summed E-state index contributed by atoms with van der Waals surface area (Å²) in [5.74, 6) is 0.305. The zero-order valence-electron chi connectivity index (χ0n) is 18.5. The molecule has 0 saturated heterocycles. The summed E-state index contributed by atoms with van der Waals surface area (Å²) in [5.41, 5.74) is 0.703. The average Bonchev–Trinajstić information content (AvgIpc) is 2.70. The number of aromatic nitrogens is 2. The van der Waals surface area contributed by atoms with E-state index in [0.29, 0.717) is 28.7 Å². The van der Waals surface area contributed by atoms with Gasteiger partial charge in [-0.2, -0.15) is 0 Å². The topological polar surface area (TPSA) is 76.1 Å². The van der Waals surface area contributed by atoms with Crippen molar-refractivity contribution in [2.75, 3.05) is 11.9 Å². The van der Waals surface area contributed by atoms with Crippen molar-refractivity contribution in [3.63, 3.8) is 0 Å². The summed E-state index contributed by atoms with van der Waals surface area (Å²) in [4.78, 5) is 11.9. The number of rotatable bonds is 5. The van der Waals surface area contributed by atoms with Crippen LogP contribution in [0.1, 0.15) is 53.4 Å². The summed E-state index contributed by atoms with van der Waals surface area (Å²) in [7, 11) is 0. The van der Waals surface area contributed by atoms with Crippen LogP contribution in [-0.4, -0.2) is 34.5 Å². The van der Waals surface area contributed by atoms with Gasteiger partial charge in [-0.1, -0.05) is 18.5 Å². The van der Waals surface area contributed by atoms with E-state index in [0.717, 1.165) is 25.7 Å². The third kappa shape index (κ3) is 6.79. The lowest BCUT2D eigenvalue weighted by atomic mass is 9.74. The first-order chi connectivity index (χ1) is 14.5. The van der Waals surface area contributed by atoms with E-state index in [4.69, 9.17) is 16.3 Å². The summed E-state index contributed by atoms with van der Waals surface area (Å²) in [5, 5.41) is 15.1. The van der Waals surface area contributed by atoms with Crippen molar-refractivity contribution in [1.29, 1.82) is 0 Å². The maximum Gasteiger partial charge on any atom is 0.407 e. The Morgan fingerprint density at radius 3 is 2.55 bits per heavy atom. The van der Waals surface area contributed by atoms with Crippen molar-refractivity contribution in [2.24, 2.45) is 5.41 Å². The summed E-state index contributed by atoms with van der Waals surface area (Å²) in [6, 6.07) is 8.06. The maximum absolute atomic E-state index is 13.5. The summed E-state index contributed by atoms with van der Waals surface area (Å²) in [6.07, 6.45) is 3.40. The molecule has 0 atom stereocenters. The van der Waals surface area contributed by atoms with Crippen molar-refractivity contribution in [3.8, 4) is 11.3 Å². The molecule has 0 radical (unpaired) electrons. The molecule has 1 saturated carbocycles. The molecule has 1 aromatic carbocycles. The lowest BCUT2D eigenvalue weighted by Gasteiger charge is -2.37. The van der Waals surface area contributed by atoms with Gasteiger partial charge in [0.15, 0.2) is 0 Å². The lowest BCUT2D eigenvalue weighted by Crippen LogP contribution is -2.43. The van der Waals surface area contributed by atoms with Gasteiger partial charge in [-0.05, 0) is 76.8 Å². The normalized spacial score (nSPS) is 21.4. The van der Waals surface area contributed by atoms with Crippen molar-refractivity contribution < 1.29 is 13.9 Å². The number of amides is 1. The van der Waals surface area contributed by atoms with Gasteiger partial charge in [0.2, 0.25) is 0 Å². The zero-order chi connectivity index (χ0) is 22.6. The Hall–Kier alpha value is -2.41. The van der Waals surface area contributed by atoms with E-state index >= 15 is 0 Å². The monoisotopic (exact) mass is 448 g/mol. The SMILES string of the molecule is CC1(COC(=O)NC(C)(C)C)CCC(Nc2ccc(-c3cc(F)ccc3Cl)nn2)CC1. The maximum atomic E-state index is 13.5. The third-order valence-electron chi connectivity index (χ3n) is 5.44. The van der Waals surface area contributed by atoms with E-state index in [9.17, 15) is 9.18 Å². The highest BCUT2D eigenvalue weighted by Crippen LogP contribution is 2.37. The van der Waals surface area contributed by atoms with Crippen LogP contribution in [0.3, 0.4) is 0 Å². The molecule has 168 valence electrons. The van der Waals surface area contributed by atoms with Gasteiger partial charge in [0.05, 0.1) is 17.3 Å². The van der Waals surface area contributed by atoms with Crippen LogP contribution >= 0.6 is 11.6 Å². The van der Waals surface area contributed by atoms with Crippen molar-refractivity contribution in [3.05, 3.63) is 41.2 Å². The first-order valence-corrected chi connectivity index (χ1v) is 10.9. The van der Waals surface area contributed by atoms with Crippen molar-refractivity contribution in [2.45, 2.75) is 65.0 Å². The molecule has 0 aliphatic heterocycles. The van der Waals surface area contributed by atoms with E-state index in [-0.39, 0.29) is 28.9 Å². The van der Waals surface area contributed by atoms with E-state index in [1.807, 2.05) is 26.8 Å². The highest BCUT2D eigenvalue weighted by Gasteiger charge is 2.33. The van der Waals surface area contributed by atoms with Crippen LogP contribution in [0, 0.1) is 11.2 Å². The Bertz CT molecular complexity index is 907. The van der Waals surface area contributed by atoms with E-state index in [2.05, 4.69) is 27.8 Å². The van der Waals surface area contributed by atoms with Crippen LogP contribution in [0.15, 0.2) is 30.3 Å². The molecule has 6 nitrogen and oxygen atoms in total. The third-order valence-corrected chi connectivity index (χ3v) is 5.77.